The van der Waals surface area contributed by atoms with E-state index in [1.807, 2.05) is 39.8 Å². The smallest absolute Gasteiger partial charge is 0.311 e. The van der Waals surface area contributed by atoms with Crippen LogP contribution in [-0.2, 0) is 42.7 Å². The van der Waals surface area contributed by atoms with Crippen LogP contribution in [0.15, 0.2) is 0 Å². The summed E-state index contributed by atoms with van der Waals surface area (Å²) in [5.41, 5.74) is -1.10. The second kappa shape index (κ2) is 16.0. The van der Waals surface area contributed by atoms with E-state index in [0.29, 0.717) is 6.42 Å². The van der Waals surface area contributed by atoms with E-state index in [2.05, 4.69) is 0 Å². The molecule has 18 atom stereocenters. The number of Topliss-reactive ketones (excluding diaryl/α,β-unsaturated/α-hetero) is 1. The molecule has 0 radical (unpaired) electrons. The van der Waals surface area contributed by atoms with Gasteiger partial charge < -0.3 is 53.4 Å². The van der Waals surface area contributed by atoms with E-state index in [4.69, 9.17) is 33.2 Å². The first-order chi connectivity index (χ1) is 22.4. The van der Waals surface area contributed by atoms with E-state index < -0.39 is 96.7 Å². The number of carbonyl (C=O) groups is 2. The highest BCUT2D eigenvalue weighted by molar-refractivity contribution is 5.92. The van der Waals surface area contributed by atoms with Crippen molar-refractivity contribution >= 4 is 11.8 Å². The van der Waals surface area contributed by atoms with Gasteiger partial charge in [0, 0.05) is 37.3 Å². The van der Waals surface area contributed by atoms with Crippen molar-refractivity contribution in [2.24, 2.45) is 29.6 Å². The summed E-state index contributed by atoms with van der Waals surface area (Å²) in [6.07, 6.45) is -7.15. The molecule has 0 aromatic heterocycles. The monoisotopic (exact) mass is 687 g/mol. The number of cyclic esters (lactones) is 1. The van der Waals surface area contributed by atoms with Crippen molar-refractivity contribution in [1.82, 2.24) is 4.90 Å². The Hall–Kier alpha value is -1.26. The van der Waals surface area contributed by atoms with Crippen molar-refractivity contribution in [1.29, 1.82) is 0 Å². The van der Waals surface area contributed by atoms with E-state index in [0.717, 1.165) is 0 Å². The summed E-state index contributed by atoms with van der Waals surface area (Å²) in [5, 5.41) is 33.3. The lowest BCUT2D eigenvalue weighted by Crippen LogP contribution is -2.57. The van der Waals surface area contributed by atoms with Gasteiger partial charge in [-0.1, -0.05) is 27.7 Å². The molecular weight excluding hydrogens is 626 g/mol. The standard InChI is InChI=1S/C35H61NO12/c1-16-14-35(15-43-35)32(40)19(4)27(37)18(3)22(7)46-33(41)21(6)31(47-26-13-25(42-11)28(38)23(8)45-26)20(5)30(16)48-34-29(39)24(36(9)10)12-17(2)44-34/h16-31,34,37-39H,12-15H2,1-11H3/t16-,17+,18-,19+,20+,21-,22+,23-,24-,25-,26-,27-,28-,29+,30-,31-,34-,35+/m0/s1. The van der Waals surface area contributed by atoms with Gasteiger partial charge in [0.15, 0.2) is 24.0 Å². The molecule has 4 aliphatic heterocycles. The Morgan fingerprint density at radius 3 is 2.02 bits per heavy atom. The summed E-state index contributed by atoms with van der Waals surface area (Å²) >= 11 is 0. The second-order valence-corrected chi connectivity index (χ2v) is 15.3. The van der Waals surface area contributed by atoms with Gasteiger partial charge in [0.1, 0.15) is 18.3 Å². The summed E-state index contributed by atoms with van der Waals surface area (Å²) < 4.78 is 43.0. The number of carbonyl (C=O) groups excluding carboxylic acids is 2. The molecule has 4 fully saturated rings. The number of ether oxygens (including phenoxy) is 7. The highest BCUT2D eigenvalue weighted by Crippen LogP contribution is 2.43. The maximum Gasteiger partial charge on any atom is 0.311 e. The van der Waals surface area contributed by atoms with Crippen LogP contribution in [-0.4, -0.2) is 139 Å². The Morgan fingerprint density at radius 1 is 0.792 bits per heavy atom. The molecule has 4 rings (SSSR count). The van der Waals surface area contributed by atoms with Crippen molar-refractivity contribution in [3.63, 3.8) is 0 Å². The zero-order valence-electron chi connectivity index (χ0n) is 30.6. The minimum atomic E-state index is -1.10. The fourth-order valence-electron chi connectivity index (χ4n) is 7.89. The minimum absolute atomic E-state index is 0.198. The summed E-state index contributed by atoms with van der Waals surface area (Å²) in [4.78, 5) is 29.7. The number of aliphatic hydroxyl groups excluding tert-OH is 3. The van der Waals surface area contributed by atoms with Crippen LogP contribution < -0.4 is 0 Å². The molecule has 13 nitrogen and oxygen atoms in total. The first-order valence-electron chi connectivity index (χ1n) is 17.7. The molecule has 0 unspecified atom stereocenters. The molecule has 3 N–H and O–H groups in total. The Balaban J connectivity index is 1.75. The summed E-state index contributed by atoms with van der Waals surface area (Å²) in [6, 6.07) is -0.219. The largest absolute Gasteiger partial charge is 0.462 e. The van der Waals surface area contributed by atoms with Gasteiger partial charge in [0.25, 0.3) is 0 Å². The van der Waals surface area contributed by atoms with E-state index in [1.54, 1.807) is 34.6 Å². The first kappa shape index (κ1) is 39.5. The van der Waals surface area contributed by atoms with Crippen LogP contribution in [0.4, 0.5) is 0 Å². The molecule has 4 aliphatic rings. The van der Waals surface area contributed by atoms with Crippen LogP contribution in [0.25, 0.3) is 0 Å². The molecule has 0 aromatic rings. The molecule has 0 amide bonds. The van der Waals surface area contributed by atoms with Crippen molar-refractivity contribution in [2.75, 3.05) is 27.8 Å². The van der Waals surface area contributed by atoms with E-state index >= 15 is 0 Å². The maximum atomic E-state index is 13.9. The van der Waals surface area contributed by atoms with Crippen molar-refractivity contribution in [2.45, 2.75) is 154 Å². The molecule has 4 saturated heterocycles. The SMILES string of the molecule is CO[C@H]1C[C@H](O[C@H]2[C@H](C)[C@@H](O[C@@H]3O[C@H](C)C[C@H](N(C)C)[C@H]3O)[C@@H](C)C[C@@]3(CO3)C(=O)[C@H](C)[C@@H](O)[C@@H](C)[C@@H](C)OC(=O)[C@H]2C)O[C@@H](C)[C@@H]1O. The third-order valence-corrected chi connectivity index (χ3v) is 11.4. The average Bonchev–Trinajstić information content (AvgIpc) is 3.82. The molecule has 0 saturated carbocycles. The lowest BCUT2D eigenvalue weighted by atomic mass is 9.76. The molecular formula is C35H61NO12. The minimum Gasteiger partial charge on any atom is -0.462 e. The van der Waals surface area contributed by atoms with Gasteiger partial charge in [0.05, 0.1) is 49.1 Å². The normalized spacial score (nSPS) is 49.9. The number of nitrogens with zero attached hydrogens (tertiary/aromatic N) is 1. The molecule has 278 valence electrons. The fourth-order valence-corrected chi connectivity index (χ4v) is 7.89. The molecule has 0 aromatic carbocycles. The molecule has 4 heterocycles. The van der Waals surface area contributed by atoms with E-state index in [1.165, 1.54) is 7.11 Å². The average molecular weight is 688 g/mol. The van der Waals surface area contributed by atoms with E-state index in [-0.39, 0.29) is 43.3 Å². The Morgan fingerprint density at radius 2 is 1.44 bits per heavy atom. The maximum absolute atomic E-state index is 13.9. The van der Waals surface area contributed by atoms with Gasteiger partial charge in [-0.2, -0.15) is 0 Å². The highest BCUT2D eigenvalue weighted by Gasteiger charge is 2.57. The van der Waals surface area contributed by atoms with Gasteiger partial charge in [-0.25, -0.2) is 0 Å². The Kier molecular flexibility index (Phi) is 13.1. The second-order valence-electron chi connectivity index (χ2n) is 15.3. The van der Waals surface area contributed by atoms with Gasteiger partial charge in [-0.15, -0.1) is 0 Å². The summed E-state index contributed by atoms with van der Waals surface area (Å²) in [6.45, 7) is 14.6. The van der Waals surface area contributed by atoms with Crippen molar-refractivity contribution in [3.05, 3.63) is 0 Å². The number of likely N-dealkylation sites (N-methyl/N-ethyl adjacent to an activating group) is 1. The number of hydrogen-bond donors (Lipinski definition) is 3. The predicted octanol–water partition coefficient (Wildman–Crippen LogP) is 1.91. The Labute approximate surface area is 285 Å². The lowest BCUT2D eigenvalue weighted by Gasteiger charge is -2.46. The van der Waals surface area contributed by atoms with Crippen LogP contribution in [0.2, 0.25) is 0 Å². The number of hydrogen-bond acceptors (Lipinski definition) is 13. The predicted molar refractivity (Wildman–Crippen MR) is 174 cm³/mol. The van der Waals surface area contributed by atoms with Crippen LogP contribution in [0.5, 0.6) is 0 Å². The van der Waals surface area contributed by atoms with Gasteiger partial charge >= 0.3 is 5.97 Å². The summed E-state index contributed by atoms with van der Waals surface area (Å²) in [7, 11) is 5.32. The zero-order valence-corrected chi connectivity index (χ0v) is 30.6. The summed E-state index contributed by atoms with van der Waals surface area (Å²) in [5.74, 6) is -3.74. The Bertz CT molecular complexity index is 1090. The lowest BCUT2D eigenvalue weighted by molar-refractivity contribution is -0.299. The van der Waals surface area contributed by atoms with Gasteiger partial charge in [-0.05, 0) is 60.5 Å². The molecule has 13 heteroatoms. The van der Waals surface area contributed by atoms with Gasteiger partial charge in [0.2, 0.25) is 0 Å². The third-order valence-electron chi connectivity index (χ3n) is 11.4. The van der Waals surface area contributed by atoms with Crippen LogP contribution in [0, 0.1) is 29.6 Å². The number of aliphatic hydroxyl groups is 3. The molecule has 1 spiro atoms. The van der Waals surface area contributed by atoms with Crippen LogP contribution in [0.1, 0.15) is 74.7 Å². The van der Waals surface area contributed by atoms with Crippen LogP contribution in [0.3, 0.4) is 0 Å². The zero-order chi connectivity index (χ0) is 35.8. The highest BCUT2D eigenvalue weighted by atomic mass is 16.7. The quantitative estimate of drug-likeness (QED) is 0.274. The molecule has 48 heavy (non-hydrogen) atoms. The van der Waals surface area contributed by atoms with Gasteiger partial charge in [-0.3, -0.25) is 9.59 Å². The van der Waals surface area contributed by atoms with Crippen molar-refractivity contribution in [3.8, 4) is 0 Å². The molecule has 0 aliphatic carbocycles. The van der Waals surface area contributed by atoms with E-state index in [9.17, 15) is 24.9 Å². The topological polar surface area (TPSA) is 166 Å². The number of esters is 1. The fraction of sp³-hybridized carbons (Fsp3) is 0.943. The molecule has 0 bridgehead atoms. The number of ketones is 1. The number of epoxide rings is 1. The number of rotatable bonds is 6. The number of methoxy groups -OCH3 is 1. The van der Waals surface area contributed by atoms with Crippen LogP contribution >= 0.6 is 0 Å². The third kappa shape index (κ3) is 8.43. The van der Waals surface area contributed by atoms with Crippen molar-refractivity contribution < 1.29 is 58.1 Å². The first-order valence-corrected chi connectivity index (χ1v) is 17.7.